The van der Waals surface area contributed by atoms with Crippen LogP contribution in [0.5, 0.6) is 0 Å². The van der Waals surface area contributed by atoms with Crippen LogP contribution in [0, 0.1) is 0 Å². The molecule has 0 saturated carbocycles. The summed E-state index contributed by atoms with van der Waals surface area (Å²) >= 11 is 0. The van der Waals surface area contributed by atoms with Crippen molar-refractivity contribution in [3.8, 4) is 0 Å². The summed E-state index contributed by atoms with van der Waals surface area (Å²) in [5.41, 5.74) is 1.83. The Morgan fingerprint density at radius 1 is 0.697 bits per heavy atom. The molecule has 0 N–H and O–H groups in total. The van der Waals surface area contributed by atoms with E-state index >= 15 is 0 Å². The number of benzene rings is 2. The van der Waals surface area contributed by atoms with Crippen LogP contribution in [-0.4, -0.2) is 34.4 Å². The first-order valence-corrected chi connectivity index (χ1v) is 15.9. The van der Waals surface area contributed by atoms with Gasteiger partial charge in [-0.05, 0) is 85.1 Å². The minimum atomic E-state index is -3.32. The topological polar surface area (TPSA) is 27.7 Å². The van der Waals surface area contributed by atoms with E-state index in [1.54, 1.807) is 0 Å². The van der Waals surface area contributed by atoms with Gasteiger partial charge in [-0.3, -0.25) is 0 Å². The van der Waals surface area contributed by atoms with E-state index in [0.717, 1.165) is 21.9 Å². The smallest absolute Gasteiger partial charge is 0.365 e. The Morgan fingerprint density at radius 2 is 1.15 bits per heavy atom. The Labute approximate surface area is 205 Å². The molecule has 0 aromatic heterocycles. The molecular formula is C28H43O3Si2. The number of hydrogen-bond donors (Lipinski definition) is 0. The maximum Gasteiger partial charge on any atom is 0.538 e. The van der Waals surface area contributed by atoms with E-state index < -0.39 is 34.4 Å². The van der Waals surface area contributed by atoms with Gasteiger partial charge in [-0.2, -0.15) is 0 Å². The Kier molecular flexibility index (Phi) is 8.41. The molecule has 0 aliphatic rings. The van der Waals surface area contributed by atoms with Crippen molar-refractivity contribution in [3.63, 3.8) is 0 Å². The van der Waals surface area contributed by atoms with Gasteiger partial charge in [-0.1, -0.05) is 67.3 Å². The lowest BCUT2D eigenvalue weighted by Gasteiger charge is -2.43. The van der Waals surface area contributed by atoms with Crippen LogP contribution in [0.25, 0.3) is 5.57 Å². The first-order chi connectivity index (χ1) is 14.9. The van der Waals surface area contributed by atoms with E-state index in [0.29, 0.717) is 0 Å². The zero-order chi connectivity index (χ0) is 25.2. The molecule has 1 radical (unpaired) electrons. The first-order valence-electron chi connectivity index (χ1n) is 11.7. The van der Waals surface area contributed by atoms with Gasteiger partial charge in [0, 0.05) is 5.19 Å². The molecule has 2 aromatic rings. The lowest BCUT2D eigenvalue weighted by molar-refractivity contribution is -0.0655. The van der Waals surface area contributed by atoms with Gasteiger partial charge in [0.05, 0.1) is 25.6 Å². The number of rotatable bonds is 7. The molecule has 2 rings (SSSR count). The Hall–Kier alpha value is -1.51. The summed E-state index contributed by atoms with van der Waals surface area (Å²) in [6, 6.07) is 17.2. The molecule has 33 heavy (non-hydrogen) atoms. The Bertz CT molecular complexity index is 902. The highest BCUT2D eigenvalue weighted by Gasteiger charge is 2.52. The second kappa shape index (κ2) is 10.0. The Morgan fingerprint density at radius 3 is 1.55 bits per heavy atom. The molecule has 0 fully saturated rings. The third kappa shape index (κ3) is 8.34. The van der Waals surface area contributed by atoms with Gasteiger partial charge in [-0.25, -0.2) is 0 Å². The fourth-order valence-corrected chi connectivity index (χ4v) is 7.88. The van der Waals surface area contributed by atoms with Crippen LogP contribution in [0.1, 0.15) is 73.4 Å². The van der Waals surface area contributed by atoms with Gasteiger partial charge in [-0.15, -0.1) is 0 Å². The standard InChI is InChI=1S/C28H43O3Si2/c1-21(22-16-18-24(19-17-22)32(11)12)23-14-13-15-25(20-23)33(29-26(2,3)4,30-27(5,6)7)31-28(8,9)10/h13-20H,1H2,2-12H3. The highest BCUT2D eigenvalue weighted by atomic mass is 28.4. The minimum Gasteiger partial charge on any atom is -0.365 e. The van der Waals surface area contributed by atoms with Crippen molar-refractivity contribution in [3.05, 3.63) is 66.2 Å². The van der Waals surface area contributed by atoms with Crippen LogP contribution in [0.15, 0.2) is 55.1 Å². The Balaban J connectivity index is 2.59. The van der Waals surface area contributed by atoms with Gasteiger partial charge in [0.15, 0.2) is 0 Å². The summed E-state index contributed by atoms with van der Waals surface area (Å²) in [5.74, 6) is 0. The molecule has 0 aliphatic heterocycles. The normalized spacial score (nSPS) is 13.5. The highest BCUT2D eigenvalue weighted by molar-refractivity contribution is 6.75. The predicted molar refractivity (Wildman–Crippen MR) is 146 cm³/mol. The molecule has 0 bridgehead atoms. The summed E-state index contributed by atoms with van der Waals surface area (Å²) in [6.07, 6.45) is 0. The lowest BCUT2D eigenvalue weighted by Crippen LogP contribution is -2.64. The van der Waals surface area contributed by atoms with Crippen molar-refractivity contribution in [2.75, 3.05) is 0 Å². The van der Waals surface area contributed by atoms with E-state index in [-0.39, 0.29) is 0 Å². The highest BCUT2D eigenvalue weighted by Crippen LogP contribution is 2.30. The average molecular weight is 484 g/mol. The third-order valence-electron chi connectivity index (χ3n) is 4.70. The van der Waals surface area contributed by atoms with Crippen LogP contribution in [0.3, 0.4) is 0 Å². The third-order valence-corrected chi connectivity index (χ3v) is 9.85. The molecular weight excluding hydrogens is 440 g/mol. The van der Waals surface area contributed by atoms with E-state index in [1.165, 1.54) is 5.19 Å². The molecule has 0 aliphatic carbocycles. The van der Waals surface area contributed by atoms with Crippen LogP contribution < -0.4 is 10.4 Å². The van der Waals surface area contributed by atoms with Gasteiger partial charge in [0.1, 0.15) is 0 Å². The molecule has 0 heterocycles. The summed E-state index contributed by atoms with van der Waals surface area (Å²) in [5, 5.41) is 2.37. The maximum absolute atomic E-state index is 6.71. The van der Waals surface area contributed by atoms with Gasteiger partial charge in [0.25, 0.3) is 0 Å². The lowest BCUT2D eigenvalue weighted by atomic mass is 10.00. The van der Waals surface area contributed by atoms with E-state index in [9.17, 15) is 0 Å². The molecule has 181 valence electrons. The predicted octanol–water partition coefficient (Wildman–Crippen LogP) is 6.30. The first kappa shape index (κ1) is 27.7. The minimum absolute atomic E-state index is 0.439. The van der Waals surface area contributed by atoms with Crippen molar-refractivity contribution in [2.45, 2.75) is 92.2 Å². The summed E-state index contributed by atoms with van der Waals surface area (Å²) in [7, 11) is -3.79. The van der Waals surface area contributed by atoms with E-state index in [1.807, 2.05) is 62.3 Å². The molecule has 0 saturated heterocycles. The second-order valence-electron chi connectivity index (χ2n) is 11.8. The van der Waals surface area contributed by atoms with Crippen LogP contribution >= 0.6 is 0 Å². The van der Waals surface area contributed by atoms with Gasteiger partial charge < -0.3 is 13.3 Å². The zero-order valence-electron chi connectivity index (χ0n) is 22.6. The summed E-state index contributed by atoms with van der Waals surface area (Å²) in [4.78, 5) is 0. The number of hydrogen-bond acceptors (Lipinski definition) is 3. The molecule has 0 atom stereocenters. The fourth-order valence-electron chi connectivity index (χ4n) is 3.52. The molecule has 0 spiro atoms. The largest absolute Gasteiger partial charge is 0.538 e. The molecule has 3 nitrogen and oxygen atoms in total. The van der Waals surface area contributed by atoms with E-state index in [2.05, 4.69) is 68.2 Å². The van der Waals surface area contributed by atoms with Crippen LogP contribution in [0.4, 0.5) is 0 Å². The van der Waals surface area contributed by atoms with Crippen molar-refractivity contribution in [2.24, 2.45) is 0 Å². The van der Waals surface area contributed by atoms with Crippen molar-refractivity contribution < 1.29 is 13.3 Å². The summed E-state index contributed by atoms with van der Waals surface area (Å²) < 4.78 is 20.1. The fraction of sp³-hybridized carbons (Fsp3) is 0.500. The summed E-state index contributed by atoms with van der Waals surface area (Å²) in [6.45, 7) is 27.5. The van der Waals surface area contributed by atoms with Crippen LogP contribution in [0.2, 0.25) is 13.1 Å². The average Bonchev–Trinajstić information content (AvgIpc) is 2.63. The van der Waals surface area contributed by atoms with Crippen molar-refractivity contribution in [1.29, 1.82) is 0 Å². The van der Waals surface area contributed by atoms with Crippen molar-refractivity contribution >= 4 is 33.5 Å². The van der Waals surface area contributed by atoms with Crippen LogP contribution in [-0.2, 0) is 13.3 Å². The van der Waals surface area contributed by atoms with Crippen molar-refractivity contribution in [1.82, 2.24) is 0 Å². The molecule has 2 aromatic carbocycles. The monoisotopic (exact) mass is 483 g/mol. The van der Waals surface area contributed by atoms with Gasteiger partial charge >= 0.3 is 8.80 Å². The zero-order valence-corrected chi connectivity index (χ0v) is 24.6. The SMILES string of the molecule is C=C(c1ccc([Si](C)C)cc1)c1cccc([Si](OC(C)(C)C)(OC(C)(C)C)OC(C)(C)C)c1. The molecule has 5 heteroatoms. The van der Waals surface area contributed by atoms with Gasteiger partial charge in [0.2, 0.25) is 0 Å². The quantitative estimate of drug-likeness (QED) is 0.433. The second-order valence-corrected chi connectivity index (χ2v) is 16.7. The van der Waals surface area contributed by atoms with E-state index in [4.69, 9.17) is 13.3 Å². The maximum atomic E-state index is 6.71. The molecule has 0 amide bonds. The molecule has 0 unspecified atom stereocenters.